The van der Waals surface area contributed by atoms with Crippen LogP contribution in [0, 0.1) is 20.8 Å². The van der Waals surface area contributed by atoms with Crippen LogP contribution in [0.1, 0.15) is 92.0 Å². The molecule has 6 aromatic rings. The molecule has 22 heteroatoms. The highest BCUT2D eigenvalue weighted by Crippen LogP contribution is 2.19. The number of alkyl halides is 1. The van der Waals surface area contributed by atoms with E-state index in [2.05, 4.69) is 25.3 Å². The molecule has 3 aromatic heterocycles. The molecule has 0 radical (unpaired) electrons. The smallest absolute Gasteiger partial charge is 0.358 e. The first-order valence-corrected chi connectivity index (χ1v) is 24.0. The summed E-state index contributed by atoms with van der Waals surface area (Å²) in [6.45, 7) is 15.9. The molecule has 6 heterocycles. The van der Waals surface area contributed by atoms with Crippen LogP contribution >= 0.6 is 0 Å². The Morgan fingerprint density at radius 1 is 0.680 bits per heavy atom. The summed E-state index contributed by atoms with van der Waals surface area (Å²) in [5.41, 5.74) is 8.40. The summed E-state index contributed by atoms with van der Waals surface area (Å²) in [5.74, 6) is 0.990. The number of nitrogens with zero attached hydrogens (tertiary/aromatic N) is 9. The Hall–Kier alpha value is -8.17. The van der Waals surface area contributed by atoms with Gasteiger partial charge in [-0.25, -0.2) is 34.8 Å². The first kappa shape index (κ1) is 57.7. The third-order valence-corrected chi connectivity index (χ3v) is 11.8. The van der Waals surface area contributed by atoms with Crippen molar-refractivity contribution in [2.75, 3.05) is 47.1 Å². The van der Waals surface area contributed by atoms with Crippen molar-refractivity contribution in [1.29, 1.82) is 0 Å². The minimum absolute atomic E-state index is 0.0432. The van der Waals surface area contributed by atoms with Gasteiger partial charge in [-0.3, -0.25) is 24.0 Å². The monoisotopic (exact) mass is 1040 g/mol. The molecule has 3 aliphatic rings. The van der Waals surface area contributed by atoms with E-state index in [0.29, 0.717) is 88.2 Å². The lowest BCUT2D eigenvalue weighted by molar-refractivity contribution is -0.132. The van der Waals surface area contributed by atoms with E-state index in [9.17, 15) is 33.2 Å². The number of esters is 2. The first-order valence-electron chi connectivity index (χ1n) is 24.7. The largest absolute Gasteiger partial charge is 0.461 e. The fourth-order valence-electron chi connectivity index (χ4n) is 7.80. The molecule has 3 amide bonds. The molecular weight excluding hydrogens is 970 g/mol. The minimum Gasteiger partial charge on any atom is -0.461 e. The number of aromatic nitrogens is 6. The number of aliphatic hydroxyl groups is 1. The number of aliphatic hydroxyl groups excluding tert-OH is 1. The molecule has 3 aromatic carbocycles. The molecule has 3 aliphatic heterocycles. The molecule has 0 fully saturated rings. The second-order valence-electron chi connectivity index (χ2n) is 16.6. The normalized spacial score (nSPS) is 12.7. The van der Waals surface area contributed by atoms with Crippen LogP contribution in [-0.4, -0.2) is 132 Å². The Morgan fingerprint density at radius 3 is 1.55 bits per heavy atom. The van der Waals surface area contributed by atoms with Crippen molar-refractivity contribution in [3.63, 3.8) is 0 Å². The van der Waals surface area contributed by atoms with Crippen LogP contribution in [0.2, 0.25) is 0 Å². The van der Waals surface area contributed by atoms with Crippen LogP contribution in [0.3, 0.4) is 0 Å². The van der Waals surface area contributed by atoms with E-state index in [1.165, 1.54) is 6.08 Å². The molecule has 0 unspecified atom stereocenters. The molecular formula is C53H66FN11O10. The number of halogens is 1. The standard InChI is InChI=1S/C18H21N3O3.C16H18N4O3.C9H13N3O2.C8H7NO.CH3F.CH4O/c1-3-24-18(23)15-11-20-8-9-21(12-16(20)19-15)17(22)10-14-7-5-4-6-13(14)2;1-11-4-2-3-5-12(11)8-15(21)20-7-6-19-9-13(16(22)18-23)17-14(19)10-20;1-2-14-9(13)7-6-12-4-3-10-5-8(12)11-7;1-7-4-2-3-5-8(7)9-6-10;2*1-2/h4-7,11H,3,8-10,12H2,1-2H3;2-5,9,23H,6-8,10H2,1H3,(H,18,22);6,10H,2-5H2,1H3;2-5H,1H3;1H3;2H,1H3/i;;;;1D;. The second-order valence-corrected chi connectivity index (χ2v) is 16.6. The summed E-state index contributed by atoms with van der Waals surface area (Å²) in [6, 6.07) is 23.2. The number of para-hydroxylation sites is 1. The average molecular weight is 1040 g/mol. The third kappa shape index (κ3) is 17.2. The Bertz CT molecular complexity index is 2890. The number of ether oxygens (including phenoxy) is 2. The number of aliphatic imine (C=N–C) groups is 1. The number of hydrogen-bond acceptors (Lipinski definition) is 15. The zero-order valence-electron chi connectivity index (χ0n) is 44.1. The number of hydroxylamine groups is 1. The number of hydrogen-bond donors (Lipinski definition) is 4. The maximum absolute atomic E-state index is 12.6. The maximum atomic E-state index is 12.6. The summed E-state index contributed by atoms with van der Waals surface area (Å²) >= 11 is 0. The summed E-state index contributed by atoms with van der Waals surface area (Å²) in [6.07, 6.45) is 7.30. The van der Waals surface area contributed by atoms with Gasteiger partial charge in [-0.2, -0.15) is 4.99 Å². The molecule has 400 valence electrons. The van der Waals surface area contributed by atoms with Crippen molar-refractivity contribution >= 4 is 41.4 Å². The average Bonchev–Trinajstić information content (AvgIpc) is 4.19. The maximum Gasteiger partial charge on any atom is 0.358 e. The quantitative estimate of drug-likeness (QED) is 0.0454. The molecule has 9 rings (SSSR count). The lowest BCUT2D eigenvalue weighted by Gasteiger charge is -2.27. The second kappa shape index (κ2) is 30.8. The first-order chi connectivity index (χ1) is 36.7. The highest BCUT2D eigenvalue weighted by atomic mass is 19.1. The fourth-order valence-corrected chi connectivity index (χ4v) is 7.80. The summed E-state index contributed by atoms with van der Waals surface area (Å²) in [4.78, 5) is 89.2. The molecule has 0 aliphatic carbocycles. The molecule has 0 saturated heterocycles. The Kier molecular flexibility index (Phi) is 23.7. The molecule has 0 spiro atoms. The number of amides is 3. The lowest BCUT2D eigenvalue weighted by Crippen LogP contribution is -2.39. The summed E-state index contributed by atoms with van der Waals surface area (Å²) in [5, 5.41) is 18.9. The molecule has 0 bridgehead atoms. The molecule has 0 saturated carbocycles. The Morgan fingerprint density at radius 2 is 1.11 bits per heavy atom. The van der Waals surface area contributed by atoms with Crippen LogP contribution in [0.5, 0.6) is 0 Å². The van der Waals surface area contributed by atoms with Gasteiger partial charge in [0.2, 0.25) is 17.9 Å². The van der Waals surface area contributed by atoms with Crippen LogP contribution in [-0.2, 0) is 76.0 Å². The molecule has 0 atom stereocenters. The van der Waals surface area contributed by atoms with Crippen molar-refractivity contribution in [1.82, 2.24) is 49.2 Å². The highest BCUT2D eigenvalue weighted by Gasteiger charge is 2.26. The van der Waals surface area contributed by atoms with Gasteiger partial charge in [-0.1, -0.05) is 66.7 Å². The number of isocyanates is 1. The van der Waals surface area contributed by atoms with E-state index >= 15 is 0 Å². The zero-order chi connectivity index (χ0) is 55.6. The molecule has 75 heavy (non-hydrogen) atoms. The SMILES string of the molecule is CCOC(=O)c1cn2c(n1)CN(C(=O)Cc1ccccc1C)CC2.CCOC(=O)c1cn2c(n1)CNCC2.CO.Cc1ccccc1CC(=O)N1CCn2cc(C(=O)NO)nc2C1.Cc1ccccc1N=C=O.[2H]CF. The van der Waals surface area contributed by atoms with Crippen molar-refractivity contribution in [2.45, 2.75) is 86.7 Å². The number of rotatable bonds is 10. The number of carbonyl (C=O) groups excluding carboxylic acids is 6. The van der Waals surface area contributed by atoms with Gasteiger partial charge in [0.1, 0.15) is 23.2 Å². The number of imidazole rings is 3. The zero-order valence-corrected chi connectivity index (χ0v) is 43.1. The number of carbonyl (C=O) groups is 5. The van der Waals surface area contributed by atoms with Gasteiger partial charge in [0.25, 0.3) is 5.91 Å². The van der Waals surface area contributed by atoms with Crippen LogP contribution in [0.15, 0.2) is 96.4 Å². The Balaban J connectivity index is 0.000000222. The van der Waals surface area contributed by atoms with Crippen molar-refractivity contribution in [2.24, 2.45) is 4.99 Å². The van der Waals surface area contributed by atoms with Crippen LogP contribution in [0.4, 0.5) is 10.1 Å². The van der Waals surface area contributed by atoms with Gasteiger partial charge in [0.05, 0.1) is 59.9 Å². The van der Waals surface area contributed by atoms with E-state index in [-0.39, 0.29) is 23.5 Å². The summed E-state index contributed by atoms with van der Waals surface area (Å²) < 4.78 is 31.1. The van der Waals surface area contributed by atoms with Crippen LogP contribution < -0.4 is 10.8 Å². The van der Waals surface area contributed by atoms with Gasteiger partial charge >= 0.3 is 11.9 Å². The van der Waals surface area contributed by atoms with Crippen LogP contribution in [0.25, 0.3) is 0 Å². The van der Waals surface area contributed by atoms with Crippen molar-refractivity contribution in [3.8, 4) is 0 Å². The number of aryl methyl sites for hydroxylation is 3. The molecule has 4 N–H and O–H groups in total. The van der Waals surface area contributed by atoms with E-state index in [4.69, 9.17) is 21.2 Å². The van der Waals surface area contributed by atoms with Gasteiger partial charge in [0.15, 0.2) is 11.4 Å². The number of fused-ring (bicyclic) bond motifs is 3. The predicted molar refractivity (Wildman–Crippen MR) is 274 cm³/mol. The van der Waals surface area contributed by atoms with Crippen molar-refractivity contribution in [3.05, 3.63) is 154 Å². The number of nitrogens with one attached hydrogen (secondary N) is 2. The van der Waals surface area contributed by atoms with Gasteiger partial charge in [0, 0.05) is 65.0 Å². The molecule has 21 nitrogen and oxygen atoms in total. The highest BCUT2D eigenvalue weighted by molar-refractivity contribution is 5.91. The number of benzene rings is 3. The topological polar surface area (TPSA) is 258 Å². The van der Waals surface area contributed by atoms with Gasteiger partial charge in [-0.15, -0.1) is 0 Å². The third-order valence-electron chi connectivity index (χ3n) is 11.8. The van der Waals surface area contributed by atoms with E-state index in [1.807, 2.05) is 101 Å². The summed E-state index contributed by atoms with van der Waals surface area (Å²) in [7, 11) is 0. The van der Waals surface area contributed by atoms with E-state index in [0.717, 1.165) is 66.2 Å². The van der Waals surface area contributed by atoms with E-state index < -0.39 is 19.0 Å². The minimum atomic E-state index is -1.00. The fraction of sp³-hybridized carbons (Fsp3) is 0.377. The van der Waals surface area contributed by atoms with E-state index in [1.54, 1.807) is 53.8 Å². The predicted octanol–water partition coefficient (Wildman–Crippen LogP) is 5.17. The van der Waals surface area contributed by atoms with Crippen molar-refractivity contribution < 1.29 is 54.3 Å². The van der Waals surface area contributed by atoms with Gasteiger partial charge in [-0.05, 0) is 68.5 Å². The lowest BCUT2D eigenvalue weighted by atomic mass is 10.1. The van der Waals surface area contributed by atoms with Gasteiger partial charge < -0.3 is 43.4 Å². The Labute approximate surface area is 436 Å².